The van der Waals surface area contributed by atoms with Gasteiger partial charge in [0.25, 0.3) is 5.56 Å². The number of carbonyl (C=O) groups excluding carboxylic acids is 1. The first-order chi connectivity index (χ1) is 10.7. The van der Waals surface area contributed by atoms with Crippen LogP contribution in [0.4, 0.5) is 0 Å². The van der Waals surface area contributed by atoms with Gasteiger partial charge in [-0.2, -0.15) is 0 Å². The van der Waals surface area contributed by atoms with E-state index in [1.165, 1.54) is 16.8 Å². The average Bonchev–Trinajstić information content (AvgIpc) is 2.43. The summed E-state index contributed by atoms with van der Waals surface area (Å²) in [7, 11) is 0. The van der Waals surface area contributed by atoms with Crippen LogP contribution in [0.25, 0.3) is 0 Å². The summed E-state index contributed by atoms with van der Waals surface area (Å²) in [4.78, 5) is 23.9. The van der Waals surface area contributed by atoms with E-state index in [4.69, 9.17) is 27.9 Å². The van der Waals surface area contributed by atoms with Gasteiger partial charge in [0.05, 0.1) is 5.02 Å². The molecule has 1 fully saturated rings. The lowest BCUT2D eigenvalue weighted by Crippen LogP contribution is -2.32. The summed E-state index contributed by atoms with van der Waals surface area (Å²) in [6.45, 7) is 6.58. The number of hydrogen-bond acceptors (Lipinski definition) is 3. The molecule has 4 nitrogen and oxygen atoms in total. The molecular weight excluding hydrogens is 337 g/mol. The molecule has 0 spiro atoms. The Morgan fingerprint density at radius 1 is 1.26 bits per heavy atom. The van der Waals surface area contributed by atoms with E-state index in [2.05, 4.69) is 20.8 Å². The summed E-state index contributed by atoms with van der Waals surface area (Å²) in [5.41, 5.74) is -0.149. The molecule has 0 aromatic carbocycles. The standard InChI is InChI=1S/C17H23Cl2NO3/c1-17(2,3)11-4-6-13(7-5-11)23-15(21)10-20-9-12(18)8-14(19)16(20)22/h8-9,11,13H,4-7,10H2,1-3H3. The molecule has 1 aliphatic carbocycles. The number of nitrogens with zero attached hydrogens (tertiary/aromatic N) is 1. The van der Waals surface area contributed by atoms with Gasteiger partial charge < -0.3 is 9.30 Å². The molecule has 23 heavy (non-hydrogen) atoms. The maximum absolute atomic E-state index is 12.1. The molecule has 1 aliphatic rings. The third kappa shape index (κ3) is 4.98. The van der Waals surface area contributed by atoms with Crippen LogP contribution in [-0.4, -0.2) is 16.6 Å². The van der Waals surface area contributed by atoms with Crippen molar-refractivity contribution in [1.82, 2.24) is 4.57 Å². The van der Waals surface area contributed by atoms with Gasteiger partial charge in [-0.1, -0.05) is 44.0 Å². The molecule has 0 bridgehead atoms. The molecule has 0 amide bonds. The monoisotopic (exact) mass is 359 g/mol. The molecule has 6 heteroatoms. The third-order valence-corrected chi connectivity index (χ3v) is 4.98. The van der Waals surface area contributed by atoms with Gasteiger partial charge in [0.1, 0.15) is 17.7 Å². The Kier molecular flexibility index (Phi) is 5.79. The van der Waals surface area contributed by atoms with Crippen molar-refractivity contribution < 1.29 is 9.53 Å². The van der Waals surface area contributed by atoms with Crippen molar-refractivity contribution in [2.24, 2.45) is 11.3 Å². The van der Waals surface area contributed by atoms with Gasteiger partial charge in [0.15, 0.2) is 0 Å². The Bertz CT molecular complexity index is 626. The zero-order chi connectivity index (χ0) is 17.2. The molecule has 0 atom stereocenters. The predicted molar refractivity (Wildman–Crippen MR) is 92.0 cm³/mol. The SMILES string of the molecule is CC(C)(C)C1CCC(OC(=O)Cn2cc(Cl)cc(Cl)c2=O)CC1. The van der Waals surface area contributed by atoms with Crippen molar-refractivity contribution in [3.63, 3.8) is 0 Å². The largest absolute Gasteiger partial charge is 0.461 e. The Balaban J connectivity index is 1.91. The van der Waals surface area contributed by atoms with E-state index >= 15 is 0 Å². The quantitative estimate of drug-likeness (QED) is 0.755. The summed E-state index contributed by atoms with van der Waals surface area (Å²) in [5, 5.41) is 0.309. The highest BCUT2D eigenvalue weighted by atomic mass is 35.5. The van der Waals surface area contributed by atoms with Gasteiger partial charge in [-0.25, -0.2) is 0 Å². The van der Waals surface area contributed by atoms with Crippen molar-refractivity contribution in [2.75, 3.05) is 0 Å². The van der Waals surface area contributed by atoms with Gasteiger partial charge in [-0.05, 0) is 43.1 Å². The summed E-state index contributed by atoms with van der Waals surface area (Å²) in [6, 6.07) is 1.36. The number of ether oxygens (including phenoxy) is 1. The number of carbonyl (C=O) groups is 1. The molecule has 1 saturated carbocycles. The van der Waals surface area contributed by atoms with Gasteiger partial charge >= 0.3 is 5.97 Å². The number of pyridine rings is 1. The molecule has 2 rings (SSSR count). The highest BCUT2D eigenvalue weighted by molar-refractivity contribution is 6.34. The molecule has 0 unspecified atom stereocenters. The lowest BCUT2D eigenvalue weighted by molar-refractivity contribution is -0.152. The molecular formula is C17H23Cl2NO3. The molecule has 1 heterocycles. The predicted octanol–water partition coefficient (Wildman–Crippen LogP) is 4.30. The van der Waals surface area contributed by atoms with Gasteiger partial charge in [0, 0.05) is 6.20 Å². The minimum atomic E-state index is -0.440. The third-order valence-electron chi connectivity index (χ3n) is 4.51. The number of aromatic nitrogens is 1. The van der Waals surface area contributed by atoms with E-state index in [-0.39, 0.29) is 17.7 Å². The number of hydrogen-bond donors (Lipinski definition) is 0. The molecule has 0 saturated heterocycles. The van der Waals surface area contributed by atoms with Gasteiger partial charge in [-0.3, -0.25) is 9.59 Å². The minimum absolute atomic E-state index is 0.00372. The molecule has 0 N–H and O–H groups in total. The average molecular weight is 360 g/mol. The molecule has 0 radical (unpaired) electrons. The number of esters is 1. The van der Waals surface area contributed by atoms with E-state index in [1.807, 2.05) is 0 Å². The van der Waals surface area contributed by atoms with E-state index in [0.29, 0.717) is 16.4 Å². The van der Waals surface area contributed by atoms with E-state index in [1.54, 1.807) is 0 Å². The van der Waals surface area contributed by atoms with Crippen LogP contribution in [0, 0.1) is 11.3 Å². The molecule has 0 aliphatic heterocycles. The Hall–Kier alpha value is -1.00. The van der Waals surface area contributed by atoms with Crippen molar-refractivity contribution >= 4 is 29.2 Å². The van der Waals surface area contributed by atoms with E-state index in [9.17, 15) is 9.59 Å². The topological polar surface area (TPSA) is 48.3 Å². The van der Waals surface area contributed by atoms with Crippen LogP contribution in [0.2, 0.25) is 10.0 Å². The zero-order valence-corrected chi connectivity index (χ0v) is 15.3. The lowest BCUT2D eigenvalue weighted by Gasteiger charge is -2.36. The van der Waals surface area contributed by atoms with Crippen LogP contribution in [0.5, 0.6) is 0 Å². The fourth-order valence-electron chi connectivity index (χ4n) is 3.09. The summed E-state index contributed by atoms with van der Waals surface area (Å²) in [5.74, 6) is 0.233. The molecule has 128 valence electrons. The first-order valence-electron chi connectivity index (χ1n) is 7.92. The van der Waals surface area contributed by atoms with Gasteiger partial charge in [0.2, 0.25) is 0 Å². The summed E-state index contributed by atoms with van der Waals surface area (Å²) < 4.78 is 6.69. The minimum Gasteiger partial charge on any atom is -0.461 e. The molecule has 1 aromatic heterocycles. The second kappa shape index (κ2) is 7.27. The van der Waals surface area contributed by atoms with Gasteiger partial charge in [-0.15, -0.1) is 0 Å². The first-order valence-corrected chi connectivity index (χ1v) is 8.67. The molecule has 1 aromatic rings. The second-order valence-electron chi connectivity index (χ2n) is 7.27. The maximum atomic E-state index is 12.1. The van der Waals surface area contributed by atoms with E-state index in [0.717, 1.165) is 25.7 Å². The summed E-state index contributed by atoms with van der Waals surface area (Å²) in [6.07, 6.45) is 5.20. The van der Waals surface area contributed by atoms with Crippen molar-refractivity contribution in [1.29, 1.82) is 0 Å². The first kappa shape index (κ1) is 18.3. The van der Waals surface area contributed by atoms with Crippen LogP contribution in [-0.2, 0) is 16.1 Å². The van der Waals surface area contributed by atoms with E-state index < -0.39 is 11.5 Å². The zero-order valence-electron chi connectivity index (χ0n) is 13.8. The highest BCUT2D eigenvalue weighted by Crippen LogP contribution is 2.38. The van der Waals surface area contributed by atoms with Crippen molar-refractivity contribution in [3.05, 3.63) is 32.7 Å². The summed E-state index contributed by atoms with van der Waals surface area (Å²) >= 11 is 11.6. The smallest absolute Gasteiger partial charge is 0.326 e. The van der Waals surface area contributed by atoms with Crippen molar-refractivity contribution in [2.45, 2.75) is 59.1 Å². The van der Waals surface area contributed by atoms with Crippen LogP contribution in [0.15, 0.2) is 17.1 Å². The van der Waals surface area contributed by atoms with Crippen molar-refractivity contribution in [3.8, 4) is 0 Å². The van der Waals surface area contributed by atoms with Crippen LogP contribution < -0.4 is 5.56 Å². The maximum Gasteiger partial charge on any atom is 0.326 e. The Morgan fingerprint density at radius 2 is 1.87 bits per heavy atom. The van der Waals surface area contributed by atoms with Crippen LogP contribution in [0.3, 0.4) is 0 Å². The van der Waals surface area contributed by atoms with Crippen LogP contribution >= 0.6 is 23.2 Å². The second-order valence-corrected chi connectivity index (χ2v) is 8.11. The fraction of sp³-hybridized carbons (Fsp3) is 0.647. The normalized spacial score (nSPS) is 22.0. The Morgan fingerprint density at radius 3 is 2.43 bits per heavy atom. The Labute approximate surface area is 146 Å². The number of rotatable bonds is 3. The number of halogens is 2. The fourth-order valence-corrected chi connectivity index (χ4v) is 3.60. The highest BCUT2D eigenvalue weighted by Gasteiger charge is 2.31. The van der Waals surface area contributed by atoms with Crippen LogP contribution in [0.1, 0.15) is 46.5 Å². The lowest BCUT2D eigenvalue weighted by atomic mass is 9.72.